The molecule has 9 heteroatoms. The number of benzene rings is 3. The summed E-state index contributed by atoms with van der Waals surface area (Å²) in [6.07, 6.45) is -1.18. The summed E-state index contributed by atoms with van der Waals surface area (Å²) >= 11 is 7.76. The van der Waals surface area contributed by atoms with Gasteiger partial charge in [-0.2, -0.15) is 13.2 Å². The van der Waals surface area contributed by atoms with Crippen molar-refractivity contribution in [1.82, 2.24) is 9.88 Å². The van der Waals surface area contributed by atoms with E-state index in [-0.39, 0.29) is 17.4 Å². The molecule has 0 radical (unpaired) electrons. The zero-order valence-corrected chi connectivity index (χ0v) is 23.1. The van der Waals surface area contributed by atoms with Crippen LogP contribution < -0.4 is 0 Å². The first-order valence-electron chi connectivity index (χ1n) is 12.8. The number of carbonyl (C=O) groups is 1. The largest absolute Gasteiger partial charge is 0.419 e. The highest BCUT2D eigenvalue weighted by Gasteiger charge is 2.34. The van der Waals surface area contributed by atoms with Gasteiger partial charge in [-0.3, -0.25) is 4.79 Å². The van der Waals surface area contributed by atoms with Crippen LogP contribution >= 0.6 is 22.9 Å². The van der Waals surface area contributed by atoms with Gasteiger partial charge in [0.25, 0.3) is 0 Å². The summed E-state index contributed by atoms with van der Waals surface area (Å²) < 4.78 is 53.3. The van der Waals surface area contributed by atoms with Crippen molar-refractivity contribution in [3.63, 3.8) is 0 Å². The lowest BCUT2D eigenvalue weighted by Gasteiger charge is -2.30. The third-order valence-electron chi connectivity index (χ3n) is 6.97. The molecule has 1 fully saturated rings. The number of amides is 1. The number of alkyl halides is 3. The number of thiazole rings is 1. The van der Waals surface area contributed by atoms with Crippen LogP contribution in [-0.2, 0) is 11.0 Å². The molecular formula is C31H25ClF4N2OS. The van der Waals surface area contributed by atoms with Gasteiger partial charge in [0.15, 0.2) is 0 Å². The first-order valence-corrected chi connectivity index (χ1v) is 14.0. The van der Waals surface area contributed by atoms with Gasteiger partial charge in [-0.25, -0.2) is 9.37 Å². The van der Waals surface area contributed by atoms with Crippen molar-refractivity contribution in [3.8, 4) is 21.7 Å². The summed E-state index contributed by atoms with van der Waals surface area (Å²) in [5.74, 6) is -1.59. The first kappa shape index (κ1) is 28.1. The Balaban J connectivity index is 1.31. The Morgan fingerprint density at radius 1 is 1.00 bits per heavy atom. The van der Waals surface area contributed by atoms with E-state index >= 15 is 0 Å². The number of piperidine rings is 1. The molecule has 1 amide bonds. The van der Waals surface area contributed by atoms with Crippen LogP contribution in [0.4, 0.5) is 17.6 Å². The fourth-order valence-corrected chi connectivity index (χ4v) is 6.11. The molecule has 1 aromatic heterocycles. The van der Waals surface area contributed by atoms with Gasteiger partial charge in [-0.05, 0) is 49.6 Å². The fourth-order valence-electron chi connectivity index (χ4n) is 4.73. The van der Waals surface area contributed by atoms with Crippen LogP contribution in [0.2, 0.25) is 5.02 Å². The SMILES string of the molecule is Cc1ccc(-c2sc(C3CCN(C(=O)/C=C/c4cccc(C(F)(F)F)c4F)CC3)nc2-c2ccc(Cl)cc2)cc1. The second kappa shape index (κ2) is 11.6. The minimum absolute atomic E-state index is 0.157. The van der Waals surface area contributed by atoms with E-state index in [1.165, 1.54) is 11.6 Å². The fraction of sp³-hybridized carbons (Fsp3) is 0.226. The average molecular weight is 585 g/mol. The Morgan fingerprint density at radius 2 is 1.65 bits per heavy atom. The Hall–Kier alpha value is -3.49. The normalized spacial score (nSPS) is 14.7. The molecule has 2 heterocycles. The molecule has 0 atom stereocenters. The quantitative estimate of drug-likeness (QED) is 0.173. The Labute approximate surface area is 238 Å². The van der Waals surface area contributed by atoms with Crippen LogP contribution in [0.15, 0.2) is 72.8 Å². The molecule has 1 saturated heterocycles. The number of halogens is 5. The molecule has 40 heavy (non-hydrogen) atoms. The van der Waals surface area contributed by atoms with Crippen molar-refractivity contribution >= 4 is 34.9 Å². The zero-order chi connectivity index (χ0) is 28.4. The number of aromatic nitrogens is 1. The van der Waals surface area contributed by atoms with Gasteiger partial charge in [0.2, 0.25) is 5.91 Å². The van der Waals surface area contributed by atoms with Crippen molar-refractivity contribution in [3.05, 3.63) is 105 Å². The standard InChI is InChI=1S/C31H25ClF4N2OS/c1-19-5-7-22(8-6-19)29-28(21-9-12-24(32)13-10-21)37-30(40-29)23-15-17-38(18-16-23)26(39)14-11-20-3-2-4-25(27(20)33)31(34,35)36/h2-14,23H,15-18H2,1H3/b14-11+. The summed E-state index contributed by atoms with van der Waals surface area (Å²) in [5, 5.41) is 1.65. The van der Waals surface area contributed by atoms with E-state index in [0.717, 1.165) is 44.9 Å². The average Bonchev–Trinajstić information content (AvgIpc) is 3.38. The smallest absolute Gasteiger partial charge is 0.339 e. The molecule has 4 aromatic rings. The maximum atomic E-state index is 14.3. The molecular weight excluding hydrogens is 560 g/mol. The molecule has 1 aliphatic heterocycles. The van der Waals surface area contributed by atoms with Crippen molar-refractivity contribution < 1.29 is 22.4 Å². The Kier molecular flexibility index (Phi) is 8.10. The summed E-state index contributed by atoms with van der Waals surface area (Å²) in [7, 11) is 0. The number of rotatable bonds is 5. The van der Waals surface area contributed by atoms with Gasteiger partial charge in [0.1, 0.15) is 5.82 Å². The van der Waals surface area contributed by atoms with Crippen LogP contribution in [0, 0.1) is 12.7 Å². The Morgan fingerprint density at radius 3 is 2.30 bits per heavy atom. The number of nitrogens with zero attached hydrogens (tertiary/aromatic N) is 2. The zero-order valence-electron chi connectivity index (χ0n) is 21.5. The molecule has 206 valence electrons. The van der Waals surface area contributed by atoms with E-state index in [0.29, 0.717) is 37.0 Å². The lowest BCUT2D eigenvalue weighted by Crippen LogP contribution is -2.36. The van der Waals surface area contributed by atoms with Crippen LogP contribution in [0.3, 0.4) is 0 Å². The van der Waals surface area contributed by atoms with E-state index in [1.54, 1.807) is 16.2 Å². The van der Waals surface area contributed by atoms with Crippen molar-refractivity contribution in [2.75, 3.05) is 13.1 Å². The van der Waals surface area contributed by atoms with Crippen LogP contribution in [0.5, 0.6) is 0 Å². The van der Waals surface area contributed by atoms with Crippen LogP contribution in [0.25, 0.3) is 27.8 Å². The molecule has 0 aliphatic carbocycles. The predicted molar refractivity (Wildman–Crippen MR) is 152 cm³/mol. The second-order valence-corrected chi connectivity index (χ2v) is 11.2. The van der Waals surface area contributed by atoms with Crippen molar-refractivity contribution in [2.45, 2.75) is 31.9 Å². The topological polar surface area (TPSA) is 33.2 Å². The Bertz CT molecular complexity index is 1470. The molecule has 1 aliphatic rings. The lowest BCUT2D eigenvalue weighted by molar-refractivity contribution is -0.140. The number of hydrogen-bond donors (Lipinski definition) is 0. The summed E-state index contributed by atoms with van der Waals surface area (Å²) in [6, 6.07) is 19.0. The first-order chi connectivity index (χ1) is 19.1. The van der Waals surface area contributed by atoms with Crippen molar-refractivity contribution in [1.29, 1.82) is 0 Å². The molecule has 0 spiro atoms. The third kappa shape index (κ3) is 6.13. The van der Waals surface area contributed by atoms with Crippen LogP contribution in [0.1, 0.15) is 40.5 Å². The van der Waals surface area contributed by atoms with Gasteiger partial charge in [-0.1, -0.05) is 65.7 Å². The van der Waals surface area contributed by atoms with Crippen LogP contribution in [-0.4, -0.2) is 28.9 Å². The highest BCUT2D eigenvalue weighted by atomic mass is 35.5. The molecule has 5 rings (SSSR count). The van der Waals surface area contributed by atoms with Gasteiger partial charge < -0.3 is 4.90 Å². The third-order valence-corrected chi connectivity index (χ3v) is 8.49. The second-order valence-electron chi connectivity index (χ2n) is 9.74. The van der Waals surface area contributed by atoms with Gasteiger partial charge in [0.05, 0.1) is 21.1 Å². The van der Waals surface area contributed by atoms with E-state index in [9.17, 15) is 22.4 Å². The predicted octanol–water partition coefficient (Wildman–Crippen LogP) is 9.02. The van der Waals surface area contributed by atoms with E-state index < -0.39 is 17.6 Å². The minimum Gasteiger partial charge on any atom is -0.339 e. The lowest BCUT2D eigenvalue weighted by atomic mass is 9.97. The van der Waals surface area contributed by atoms with E-state index in [1.807, 2.05) is 31.2 Å². The summed E-state index contributed by atoms with van der Waals surface area (Å²) in [5.41, 5.74) is 2.49. The maximum Gasteiger partial charge on any atom is 0.419 e. The molecule has 3 nitrogen and oxygen atoms in total. The monoisotopic (exact) mass is 584 g/mol. The molecule has 0 unspecified atom stereocenters. The number of likely N-dealkylation sites (tertiary alicyclic amines) is 1. The number of carbonyl (C=O) groups excluding carboxylic acids is 1. The summed E-state index contributed by atoms with van der Waals surface area (Å²) in [6.45, 7) is 2.98. The molecule has 0 bridgehead atoms. The molecule has 0 N–H and O–H groups in total. The maximum absolute atomic E-state index is 14.3. The highest BCUT2D eigenvalue weighted by Crippen LogP contribution is 2.42. The molecule has 0 saturated carbocycles. The van der Waals surface area contributed by atoms with Gasteiger partial charge in [-0.15, -0.1) is 11.3 Å². The van der Waals surface area contributed by atoms with E-state index in [2.05, 4.69) is 24.3 Å². The highest BCUT2D eigenvalue weighted by molar-refractivity contribution is 7.15. The number of hydrogen-bond acceptors (Lipinski definition) is 3. The van der Waals surface area contributed by atoms with Gasteiger partial charge >= 0.3 is 6.18 Å². The minimum atomic E-state index is -4.80. The van der Waals surface area contributed by atoms with E-state index in [4.69, 9.17) is 16.6 Å². The van der Waals surface area contributed by atoms with Gasteiger partial charge in [0, 0.05) is 41.2 Å². The molecule has 3 aromatic carbocycles. The summed E-state index contributed by atoms with van der Waals surface area (Å²) in [4.78, 5) is 20.5. The number of aryl methyl sites for hydroxylation is 1. The van der Waals surface area contributed by atoms with Crippen molar-refractivity contribution in [2.24, 2.45) is 0 Å².